The molecule has 0 fully saturated rings. The molecule has 0 bridgehead atoms. The van der Waals surface area contributed by atoms with Crippen LogP contribution in [-0.2, 0) is 4.79 Å². The minimum absolute atomic E-state index is 0.0575. The zero-order valence-corrected chi connectivity index (χ0v) is 22.6. The van der Waals surface area contributed by atoms with Crippen LogP contribution >= 0.6 is 0 Å². The summed E-state index contributed by atoms with van der Waals surface area (Å²) in [6.07, 6.45) is 30.2. The van der Waals surface area contributed by atoms with Crippen LogP contribution < -0.4 is 5.32 Å². The number of unbranched alkanes of at least 4 members (excludes halogenated alkanes) is 14. The number of amides is 1. The maximum absolute atomic E-state index is 11.5. The van der Waals surface area contributed by atoms with Crippen LogP contribution in [0, 0.1) is 0 Å². The molecular weight excluding hydrogens is 406 g/mol. The summed E-state index contributed by atoms with van der Waals surface area (Å²) in [6.45, 7) is 10.2. The summed E-state index contributed by atoms with van der Waals surface area (Å²) >= 11 is 0. The van der Waals surface area contributed by atoms with Crippen molar-refractivity contribution in [2.45, 2.75) is 149 Å². The van der Waals surface area contributed by atoms with Gasteiger partial charge in [0.15, 0.2) is 12.3 Å². The van der Waals surface area contributed by atoms with Crippen LogP contribution in [0.4, 0.5) is 0 Å². The van der Waals surface area contributed by atoms with E-state index in [1.165, 1.54) is 103 Å². The first-order valence-corrected chi connectivity index (χ1v) is 14.4. The van der Waals surface area contributed by atoms with Crippen molar-refractivity contribution in [3.05, 3.63) is 12.2 Å². The quantitative estimate of drug-likeness (QED) is 0.105. The van der Waals surface area contributed by atoms with Crippen LogP contribution in [0.15, 0.2) is 17.1 Å². The van der Waals surface area contributed by atoms with Crippen molar-refractivity contribution in [1.82, 2.24) is 5.32 Å². The van der Waals surface area contributed by atoms with E-state index < -0.39 is 0 Å². The summed E-state index contributed by atoms with van der Waals surface area (Å²) in [6, 6.07) is 0. The standard InChI is InChI=1S/C29H55N3O/c1-5-7-8-9-10-11-12-13-14-15-16-17-18-19-20-21-22-23-24-29-30-25-26-32(29,6-2)27(3)31-28(4)33/h15-16,25,27,29H,5-14,17-24,26H2,1-4H3/p+1/b16-15+. The fourth-order valence-electron chi connectivity index (χ4n) is 5.29. The molecule has 192 valence electrons. The van der Waals surface area contributed by atoms with Gasteiger partial charge in [0.05, 0.1) is 12.8 Å². The third kappa shape index (κ3) is 12.8. The van der Waals surface area contributed by atoms with Crippen molar-refractivity contribution < 1.29 is 9.28 Å². The lowest BCUT2D eigenvalue weighted by molar-refractivity contribution is -0.959. The van der Waals surface area contributed by atoms with Gasteiger partial charge in [0.25, 0.3) is 0 Å². The Morgan fingerprint density at radius 1 is 0.909 bits per heavy atom. The Balaban J connectivity index is 1.98. The highest BCUT2D eigenvalue weighted by atomic mass is 16.1. The molecule has 1 aliphatic heterocycles. The first-order chi connectivity index (χ1) is 16.1. The molecule has 0 aromatic rings. The largest absolute Gasteiger partial charge is 0.307 e. The number of carbonyl (C=O) groups is 1. The number of aliphatic imine (C=N–C) groups is 1. The van der Waals surface area contributed by atoms with E-state index in [4.69, 9.17) is 4.99 Å². The number of rotatable bonds is 21. The highest BCUT2D eigenvalue weighted by molar-refractivity contribution is 5.73. The molecule has 1 heterocycles. The third-order valence-corrected chi connectivity index (χ3v) is 7.54. The number of quaternary nitrogens is 1. The lowest BCUT2D eigenvalue weighted by Crippen LogP contribution is -2.63. The van der Waals surface area contributed by atoms with Gasteiger partial charge in [0, 0.05) is 20.3 Å². The van der Waals surface area contributed by atoms with Gasteiger partial charge in [-0.3, -0.25) is 9.28 Å². The van der Waals surface area contributed by atoms with Gasteiger partial charge in [-0.2, -0.15) is 0 Å². The van der Waals surface area contributed by atoms with Gasteiger partial charge in [-0.1, -0.05) is 89.7 Å². The number of nitrogens with one attached hydrogen (secondary N) is 1. The summed E-state index contributed by atoms with van der Waals surface area (Å²) < 4.78 is 0.880. The van der Waals surface area contributed by atoms with Crippen LogP contribution in [0.5, 0.6) is 0 Å². The van der Waals surface area contributed by atoms with Crippen molar-refractivity contribution in [3.63, 3.8) is 0 Å². The molecule has 1 aliphatic rings. The van der Waals surface area contributed by atoms with E-state index in [1.807, 2.05) is 0 Å². The molecule has 1 rings (SSSR count). The van der Waals surface area contributed by atoms with Crippen molar-refractivity contribution >= 4 is 12.1 Å². The smallest absolute Gasteiger partial charge is 0.221 e. The zero-order chi connectivity index (χ0) is 24.2. The Bertz CT molecular complexity index is 545. The molecule has 0 aliphatic carbocycles. The molecule has 0 spiro atoms. The molecule has 0 radical (unpaired) electrons. The maximum Gasteiger partial charge on any atom is 0.221 e. The Hall–Kier alpha value is -1.16. The Kier molecular flexibility index (Phi) is 17.4. The molecule has 1 amide bonds. The van der Waals surface area contributed by atoms with Crippen molar-refractivity contribution in [2.75, 3.05) is 13.1 Å². The van der Waals surface area contributed by atoms with E-state index in [0.717, 1.165) is 24.0 Å². The van der Waals surface area contributed by atoms with Gasteiger partial charge in [-0.05, 0) is 39.0 Å². The molecule has 0 saturated heterocycles. The topological polar surface area (TPSA) is 41.5 Å². The van der Waals surface area contributed by atoms with Gasteiger partial charge in [0.1, 0.15) is 6.54 Å². The van der Waals surface area contributed by atoms with Crippen molar-refractivity contribution in [2.24, 2.45) is 4.99 Å². The van der Waals surface area contributed by atoms with Crippen LogP contribution in [0.25, 0.3) is 0 Å². The predicted molar refractivity (Wildman–Crippen MR) is 145 cm³/mol. The number of hydrogen-bond donors (Lipinski definition) is 1. The zero-order valence-electron chi connectivity index (χ0n) is 22.6. The second kappa shape index (κ2) is 19.2. The lowest BCUT2D eigenvalue weighted by atomic mass is 10.1. The monoisotopic (exact) mass is 462 g/mol. The Morgan fingerprint density at radius 3 is 1.94 bits per heavy atom. The summed E-state index contributed by atoms with van der Waals surface area (Å²) in [5, 5.41) is 3.11. The van der Waals surface area contributed by atoms with Crippen LogP contribution in [0.3, 0.4) is 0 Å². The summed E-state index contributed by atoms with van der Waals surface area (Å²) in [7, 11) is 0. The second-order valence-electron chi connectivity index (χ2n) is 10.2. The number of carbonyl (C=O) groups excluding carboxylic acids is 1. The van der Waals surface area contributed by atoms with Gasteiger partial charge in [0.2, 0.25) is 5.91 Å². The van der Waals surface area contributed by atoms with Crippen LogP contribution in [0.1, 0.15) is 137 Å². The van der Waals surface area contributed by atoms with E-state index in [9.17, 15) is 4.79 Å². The van der Waals surface area contributed by atoms with E-state index in [-0.39, 0.29) is 12.1 Å². The molecule has 4 heteroatoms. The molecule has 0 aromatic heterocycles. The lowest BCUT2D eigenvalue weighted by Gasteiger charge is -2.42. The van der Waals surface area contributed by atoms with E-state index in [0.29, 0.717) is 6.17 Å². The van der Waals surface area contributed by atoms with E-state index in [1.54, 1.807) is 6.92 Å². The molecular formula is C29H56N3O+. The van der Waals surface area contributed by atoms with Crippen LogP contribution in [0.2, 0.25) is 0 Å². The van der Waals surface area contributed by atoms with Gasteiger partial charge in [-0.15, -0.1) is 0 Å². The summed E-state index contributed by atoms with van der Waals surface area (Å²) in [5.74, 6) is 0.0575. The molecule has 3 unspecified atom stereocenters. The van der Waals surface area contributed by atoms with Crippen molar-refractivity contribution in [1.29, 1.82) is 0 Å². The minimum atomic E-state index is 0.0575. The van der Waals surface area contributed by atoms with E-state index >= 15 is 0 Å². The minimum Gasteiger partial charge on any atom is -0.307 e. The number of hydrogen-bond acceptors (Lipinski definition) is 2. The number of nitrogens with zero attached hydrogens (tertiary/aromatic N) is 2. The fourth-order valence-corrected chi connectivity index (χ4v) is 5.29. The highest BCUT2D eigenvalue weighted by Gasteiger charge is 2.42. The molecule has 4 nitrogen and oxygen atoms in total. The van der Waals surface area contributed by atoms with Gasteiger partial charge < -0.3 is 5.32 Å². The third-order valence-electron chi connectivity index (χ3n) is 7.54. The van der Waals surface area contributed by atoms with Gasteiger partial charge >= 0.3 is 0 Å². The molecule has 3 atom stereocenters. The maximum atomic E-state index is 11.5. The SMILES string of the molecule is CCCCCCCCCC/C=C/CCCCCCCCC1N=CC[N+]1(CC)C(C)NC(C)=O. The second-order valence-corrected chi connectivity index (χ2v) is 10.2. The summed E-state index contributed by atoms with van der Waals surface area (Å²) in [4.78, 5) is 16.3. The fraction of sp³-hybridized carbons (Fsp3) is 0.862. The predicted octanol–water partition coefficient (Wildman–Crippen LogP) is 7.92. The molecule has 33 heavy (non-hydrogen) atoms. The first-order valence-electron chi connectivity index (χ1n) is 14.4. The normalized spacial score (nSPS) is 21.2. The molecule has 1 N–H and O–H groups in total. The molecule has 0 saturated carbocycles. The first kappa shape index (κ1) is 29.9. The Morgan fingerprint density at radius 2 is 1.42 bits per heavy atom. The Labute approximate surface area is 206 Å². The average Bonchev–Trinajstić information content (AvgIpc) is 3.22. The van der Waals surface area contributed by atoms with Gasteiger partial charge in [-0.25, -0.2) is 4.99 Å². The average molecular weight is 463 g/mol. The number of allylic oxidation sites excluding steroid dienone is 2. The highest BCUT2D eigenvalue weighted by Crippen LogP contribution is 2.27. The van der Waals surface area contributed by atoms with E-state index in [2.05, 4.69) is 44.5 Å². The van der Waals surface area contributed by atoms with Crippen LogP contribution in [-0.4, -0.2) is 42.0 Å². The molecule has 0 aromatic carbocycles. The summed E-state index contributed by atoms with van der Waals surface area (Å²) in [5.41, 5.74) is 0. The van der Waals surface area contributed by atoms with Crippen molar-refractivity contribution in [3.8, 4) is 0 Å².